The van der Waals surface area contributed by atoms with Crippen LogP contribution in [0.15, 0.2) is 29.2 Å². The number of carbonyl (C=O) groups is 1. The summed E-state index contributed by atoms with van der Waals surface area (Å²) < 4.78 is 27.1. The van der Waals surface area contributed by atoms with Crippen LogP contribution in [0.2, 0.25) is 0 Å². The molecule has 0 bridgehead atoms. The molecule has 1 saturated carbocycles. The minimum absolute atomic E-state index is 0.0568. The van der Waals surface area contributed by atoms with Crippen molar-refractivity contribution in [1.29, 1.82) is 0 Å². The fourth-order valence-corrected chi connectivity index (χ4v) is 4.76. The topological polar surface area (TPSA) is 101 Å². The summed E-state index contributed by atoms with van der Waals surface area (Å²) in [6, 6.07) is 6.13. The van der Waals surface area contributed by atoms with Gasteiger partial charge in [0.05, 0.1) is 4.90 Å². The Balaban J connectivity index is 1.63. The Bertz CT molecular complexity index is 837. The molecule has 1 aliphatic carbocycles. The van der Waals surface area contributed by atoms with Gasteiger partial charge in [-0.2, -0.15) is 4.31 Å². The third-order valence-corrected chi connectivity index (χ3v) is 7.17. The van der Waals surface area contributed by atoms with Crippen LogP contribution in [0.1, 0.15) is 32.8 Å². The second-order valence-electron chi connectivity index (χ2n) is 8.20. The summed E-state index contributed by atoms with van der Waals surface area (Å²) in [7, 11) is -3.62. The summed E-state index contributed by atoms with van der Waals surface area (Å²) in [5, 5.41) is 10.7. The Morgan fingerprint density at radius 1 is 1.11 bits per heavy atom. The molecule has 2 atom stereocenters. The maximum absolute atomic E-state index is 12.8. The molecular formula is C18H25N3O5S. The number of piperazine rings is 1. The van der Waals surface area contributed by atoms with Gasteiger partial charge >= 0.3 is 0 Å². The van der Waals surface area contributed by atoms with Crippen molar-refractivity contribution >= 4 is 15.9 Å². The zero-order valence-corrected chi connectivity index (χ0v) is 16.6. The van der Waals surface area contributed by atoms with Crippen LogP contribution in [0.5, 0.6) is 0 Å². The third kappa shape index (κ3) is 3.98. The highest BCUT2D eigenvalue weighted by Gasteiger charge is 2.54. The minimum atomic E-state index is -3.62. The fraction of sp³-hybridized carbons (Fsp3) is 0.611. The Morgan fingerprint density at radius 3 is 2.11 bits per heavy atom. The lowest BCUT2D eigenvalue weighted by Crippen LogP contribution is -2.51. The van der Waals surface area contributed by atoms with Crippen LogP contribution in [0, 0.1) is 16.0 Å². The van der Waals surface area contributed by atoms with Gasteiger partial charge < -0.3 is 4.90 Å². The van der Waals surface area contributed by atoms with Gasteiger partial charge in [-0.1, -0.05) is 32.9 Å². The Morgan fingerprint density at radius 2 is 1.67 bits per heavy atom. The molecule has 1 amide bonds. The van der Waals surface area contributed by atoms with E-state index >= 15 is 0 Å². The molecule has 1 heterocycles. The minimum Gasteiger partial charge on any atom is -0.340 e. The SMILES string of the molecule is CC(C)(C)c1ccc(S(=O)(=O)N2CCN(C(=O)C3CC3[N+](=O)[O-])CC2)cc1. The first-order valence-corrected chi connectivity index (χ1v) is 10.5. The fourth-order valence-electron chi connectivity index (χ4n) is 3.34. The van der Waals surface area contributed by atoms with E-state index < -0.39 is 26.9 Å². The molecule has 1 aromatic carbocycles. The highest BCUT2D eigenvalue weighted by atomic mass is 32.2. The van der Waals surface area contributed by atoms with Gasteiger partial charge in [0.15, 0.2) is 0 Å². The number of rotatable bonds is 4. The van der Waals surface area contributed by atoms with Crippen molar-refractivity contribution in [3.8, 4) is 0 Å². The van der Waals surface area contributed by atoms with Crippen LogP contribution in [0.4, 0.5) is 0 Å². The van der Waals surface area contributed by atoms with Crippen LogP contribution in [-0.2, 0) is 20.2 Å². The lowest BCUT2D eigenvalue weighted by atomic mass is 9.87. The summed E-state index contributed by atoms with van der Waals surface area (Å²) in [6.45, 7) is 7.12. The van der Waals surface area contributed by atoms with Crippen molar-refractivity contribution in [2.75, 3.05) is 26.2 Å². The summed E-state index contributed by atoms with van der Waals surface area (Å²) in [4.78, 5) is 24.4. The van der Waals surface area contributed by atoms with E-state index in [1.165, 1.54) is 4.31 Å². The number of benzene rings is 1. The first-order chi connectivity index (χ1) is 12.5. The number of nitrogens with zero attached hydrogens (tertiary/aromatic N) is 3. The molecule has 1 saturated heterocycles. The molecule has 27 heavy (non-hydrogen) atoms. The predicted molar refractivity (Wildman–Crippen MR) is 99.4 cm³/mol. The number of hydrogen-bond donors (Lipinski definition) is 0. The molecular weight excluding hydrogens is 370 g/mol. The smallest absolute Gasteiger partial charge is 0.243 e. The maximum Gasteiger partial charge on any atom is 0.243 e. The van der Waals surface area contributed by atoms with Gasteiger partial charge in [0.25, 0.3) is 0 Å². The van der Waals surface area contributed by atoms with Crippen LogP contribution in [0.25, 0.3) is 0 Å². The van der Waals surface area contributed by atoms with Crippen LogP contribution < -0.4 is 0 Å². The van der Waals surface area contributed by atoms with Gasteiger partial charge in [0, 0.05) is 37.5 Å². The van der Waals surface area contributed by atoms with E-state index in [4.69, 9.17) is 0 Å². The lowest BCUT2D eigenvalue weighted by molar-refractivity contribution is -0.497. The van der Waals surface area contributed by atoms with E-state index in [1.807, 2.05) is 12.1 Å². The molecule has 148 valence electrons. The molecule has 0 N–H and O–H groups in total. The molecule has 0 radical (unpaired) electrons. The van der Waals surface area contributed by atoms with Crippen molar-refractivity contribution in [3.63, 3.8) is 0 Å². The molecule has 2 aliphatic rings. The summed E-state index contributed by atoms with van der Waals surface area (Å²) in [5.74, 6) is -0.781. The van der Waals surface area contributed by atoms with E-state index in [0.29, 0.717) is 0 Å². The van der Waals surface area contributed by atoms with Gasteiger partial charge in [0.2, 0.25) is 22.0 Å². The number of sulfonamides is 1. The van der Waals surface area contributed by atoms with Crippen LogP contribution in [-0.4, -0.2) is 60.7 Å². The molecule has 2 unspecified atom stereocenters. The van der Waals surface area contributed by atoms with Crippen molar-refractivity contribution in [2.45, 2.75) is 43.5 Å². The standard InChI is InChI=1S/C18H25N3O5S/c1-18(2,3)13-4-6-14(7-5-13)27(25,26)20-10-8-19(9-11-20)17(22)15-12-16(15)21(23)24/h4-7,15-16H,8-12H2,1-3H3. The first-order valence-electron chi connectivity index (χ1n) is 9.05. The highest BCUT2D eigenvalue weighted by Crippen LogP contribution is 2.35. The zero-order valence-electron chi connectivity index (χ0n) is 15.8. The summed E-state index contributed by atoms with van der Waals surface area (Å²) in [6.07, 6.45) is 0.282. The van der Waals surface area contributed by atoms with Gasteiger partial charge in [-0.05, 0) is 23.1 Å². The Kier molecular flexibility index (Phi) is 5.02. The number of amides is 1. The first kappa shape index (κ1) is 19.8. The van der Waals surface area contributed by atoms with Gasteiger partial charge in [-0.25, -0.2) is 8.42 Å². The van der Waals surface area contributed by atoms with Crippen molar-refractivity contribution in [1.82, 2.24) is 9.21 Å². The molecule has 1 aliphatic heterocycles. The molecule has 0 aromatic heterocycles. The van der Waals surface area contributed by atoms with E-state index in [9.17, 15) is 23.3 Å². The average Bonchev–Trinajstić information content (AvgIpc) is 3.41. The van der Waals surface area contributed by atoms with Crippen LogP contribution in [0.3, 0.4) is 0 Å². The summed E-state index contributed by atoms with van der Waals surface area (Å²) >= 11 is 0. The Hall–Kier alpha value is -2.00. The summed E-state index contributed by atoms with van der Waals surface area (Å²) in [5.41, 5.74) is 1.00. The monoisotopic (exact) mass is 395 g/mol. The second-order valence-corrected chi connectivity index (χ2v) is 10.1. The third-order valence-electron chi connectivity index (χ3n) is 5.25. The van der Waals surface area contributed by atoms with E-state index in [2.05, 4.69) is 20.8 Å². The second kappa shape index (κ2) is 6.87. The molecule has 1 aromatic rings. The molecule has 0 spiro atoms. The average molecular weight is 395 g/mol. The molecule has 8 nitrogen and oxygen atoms in total. The number of nitro groups is 1. The van der Waals surface area contributed by atoms with E-state index in [1.54, 1.807) is 17.0 Å². The number of carbonyl (C=O) groups excluding carboxylic acids is 1. The molecule has 3 rings (SSSR count). The lowest BCUT2D eigenvalue weighted by Gasteiger charge is -2.34. The quantitative estimate of drug-likeness (QED) is 0.568. The van der Waals surface area contributed by atoms with Crippen LogP contribution >= 0.6 is 0 Å². The zero-order chi connectivity index (χ0) is 20.0. The largest absolute Gasteiger partial charge is 0.340 e. The van der Waals surface area contributed by atoms with Gasteiger partial charge in [-0.15, -0.1) is 0 Å². The van der Waals surface area contributed by atoms with Crippen molar-refractivity contribution in [2.24, 2.45) is 5.92 Å². The number of hydrogen-bond acceptors (Lipinski definition) is 5. The molecule has 9 heteroatoms. The highest BCUT2D eigenvalue weighted by molar-refractivity contribution is 7.89. The molecule has 2 fully saturated rings. The van der Waals surface area contributed by atoms with Crippen molar-refractivity contribution in [3.05, 3.63) is 39.9 Å². The normalized spacial score (nSPS) is 23.9. The van der Waals surface area contributed by atoms with E-state index in [0.717, 1.165) is 5.56 Å². The van der Waals surface area contributed by atoms with E-state index in [-0.39, 0.29) is 48.8 Å². The van der Waals surface area contributed by atoms with Crippen molar-refractivity contribution < 1.29 is 18.1 Å². The van der Waals surface area contributed by atoms with Gasteiger partial charge in [-0.3, -0.25) is 14.9 Å². The maximum atomic E-state index is 12.8. The Labute approximate surface area is 159 Å². The van der Waals surface area contributed by atoms with Gasteiger partial charge in [0.1, 0.15) is 5.92 Å². The predicted octanol–water partition coefficient (Wildman–Crippen LogP) is 1.48.